The van der Waals surface area contributed by atoms with Gasteiger partial charge in [0.25, 0.3) is 0 Å². The van der Waals surface area contributed by atoms with E-state index in [0.29, 0.717) is 0 Å². The quantitative estimate of drug-likeness (QED) is 0.808. The first kappa shape index (κ1) is 13.1. The van der Waals surface area contributed by atoms with Gasteiger partial charge in [-0.25, -0.2) is 0 Å². The summed E-state index contributed by atoms with van der Waals surface area (Å²) in [5, 5.41) is 5.08. The van der Waals surface area contributed by atoms with Gasteiger partial charge in [0.15, 0.2) is 0 Å². The fourth-order valence-corrected chi connectivity index (χ4v) is 2.56. The van der Waals surface area contributed by atoms with Gasteiger partial charge in [-0.15, -0.1) is 0 Å². The number of hydrogen-bond donors (Lipinski definition) is 0. The van der Waals surface area contributed by atoms with Crippen LogP contribution in [-0.2, 0) is 18.9 Å². The maximum absolute atomic E-state index is 4.20. The molecule has 3 nitrogen and oxygen atoms in total. The zero-order chi connectivity index (χ0) is 13.1. The van der Waals surface area contributed by atoms with Crippen LogP contribution in [0.4, 0.5) is 5.69 Å². The van der Waals surface area contributed by atoms with Crippen molar-refractivity contribution in [3.8, 4) is 0 Å². The molecular formula is C14H18BrN3. The van der Waals surface area contributed by atoms with Crippen LogP contribution in [0.5, 0.6) is 0 Å². The normalized spacial score (nSPS) is 10.7. The first-order chi connectivity index (χ1) is 8.60. The second-order valence-electron chi connectivity index (χ2n) is 4.64. The van der Waals surface area contributed by atoms with Gasteiger partial charge >= 0.3 is 0 Å². The average Bonchev–Trinajstić information content (AvgIpc) is 2.74. The summed E-state index contributed by atoms with van der Waals surface area (Å²) >= 11 is 3.56. The Morgan fingerprint density at radius 3 is 2.78 bits per heavy atom. The zero-order valence-corrected chi connectivity index (χ0v) is 12.6. The molecular weight excluding hydrogens is 290 g/mol. The maximum atomic E-state index is 4.20. The number of aromatic nitrogens is 2. The second kappa shape index (κ2) is 5.57. The second-order valence-corrected chi connectivity index (χ2v) is 5.20. The van der Waals surface area contributed by atoms with Crippen LogP contribution < -0.4 is 4.90 Å². The van der Waals surface area contributed by atoms with Crippen LogP contribution in [-0.4, -0.2) is 16.8 Å². The standard InChI is InChI=1S/C14H18BrN3/c1-11-4-5-14(13(6-11)7-15)17(2)9-12-8-16-18(3)10-12/h4-6,8,10H,7,9H2,1-3H3. The summed E-state index contributed by atoms with van der Waals surface area (Å²) in [4.78, 5) is 2.26. The van der Waals surface area contributed by atoms with Gasteiger partial charge in [-0.05, 0) is 18.6 Å². The van der Waals surface area contributed by atoms with Gasteiger partial charge in [0.05, 0.1) is 6.20 Å². The summed E-state index contributed by atoms with van der Waals surface area (Å²) < 4.78 is 1.84. The van der Waals surface area contributed by atoms with Crippen LogP contribution in [0.3, 0.4) is 0 Å². The van der Waals surface area contributed by atoms with E-state index in [-0.39, 0.29) is 0 Å². The minimum atomic E-state index is 0.872. The molecule has 0 aliphatic carbocycles. The summed E-state index contributed by atoms with van der Waals surface area (Å²) in [5.74, 6) is 0. The third-order valence-corrected chi connectivity index (χ3v) is 3.57. The third kappa shape index (κ3) is 2.93. The first-order valence-electron chi connectivity index (χ1n) is 5.94. The van der Waals surface area contributed by atoms with Gasteiger partial charge in [-0.2, -0.15) is 5.10 Å². The lowest BCUT2D eigenvalue weighted by molar-refractivity contribution is 0.766. The van der Waals surface area contributed by atoms with E-state index >= 15 is 0 Å². The largest absolute Gasteiger partial charge is 0.370 e. The van der Waals surface area contributed by atoms with Crippen LogP contribution in [0.1, 0.15) is 16.7 Å². The van der Waals surface area contributed by atoms with Gasteiger partial charge in [0.1, 0.15) is 0 Å². The molecule has 0 spiro atoms. The van der Waals surface area contributed by atoms with E-state index in [1.54, 1.807) is 0 Å². The molecule has 0 N–H and O–H groups in total. The molecule has 2 aromatic rings. The molecule has 2 rings (SSSR count). The van der Waals surface area contributed by atoms with Crippen molar-refractivity contribution in [1.29, 1.82) is 0 Å². The molecule has 0 saturated heterocycles. The number of benzene rings is 1. The molecule has 0 aliphatic rings. The summed E-state index contributed by atoms with van der Waals surface area (Å²) in [6, 6.07) is 6.56. The van der Waals surface area contributed by atoms with Crippen molar-refractivity contribution in [3.63, 3.8) is 0 Å². The maximum Gasteiger partial charge on any atom is 0.0539 e. The lowest BCUT2D eigenvalue weighted by Crippen LogP contribution is -2.17. The van der Waals surface area contributed by atoms with Crippen LogP contribution in [0.15, 0.2) is 30.6 Å². The molecule has 96 valence electrons. The van der Waals surface area contributed by atoms with Gasteiger partial charge in [-0.3, -0.25) is 4.68 Å². The van der Waals surface area contributed by atoms with Gasteiger partial charge in [0.2, 0.25) is 0 Å². The summed E-state index contributed by atoms with van der Waals surface area (Å²) in [6.45, 7) is 2.99. The van der Waals surface area contributed by atoms with E-state index in [9.17, 15) is 0 Å². The van der Waals surface area contributed by atoms with Gasteiger partial charge in [0, 0.05) is 43.4 Å². The third-order valence-electron chi connectivity index (χ3n) is 2.97. The van der Waals surface area contributed by atoms with Crippen molar-refractivity contribution in [3.05, 3.63) is 47.3 Å². The molecule has 1 aromatic heterocycles. The fraction of sp³-hybridized carbons (Fsp3) is 0.357. The zero-order valence-electron chi connectivity index (χ0n) is 11.0. The predicted octanol–water partition coefficient (Wildman–Crippen LogP) is 3.26. The molecule has 0 atom stereocenters. The van der Waals surface area contributed by atoms with Crippen molar-refractivity contribution >= 4 is 21.6 Å². The molecule has 0 bridgehead atoms. The number of halogens is 1. The highest BCUT2D eigenvalue weighted by atomic mass is 79.9. The number of hydrogen-bond acceptors (Lipinski definition) is 2. The van der Waals surface area contributed by atoms with E-state index < -0.39 is 0 Å². The van der Waals surface area contributed by atoms with E-state index in [0.717, 1.165) is 11.9 Å². The highest BCUT2D eigenvalue weighted by molar-refractivity contribution is 9.08. The van der Waals surface area contributed by atoms with E-state index in [4.69, 9.17) is 0 Å². The van der Waals surface area contributed by atoms with Crippen LogP contribution in [0.25, 0.3) is 0 Å². The Hall–Kier alpha value is -1.29. The molecule has 1 aromatic carbocycles. The van der Waals surface area contributed by atoms with Gasteiger partial charge < -0.3 is 4.90 Å². The molecule has 0 radical (unpaired) electrons. The van der Waals surface area contributed by atoms with Crippen molar-refractivity contribution in [2.75, 3.05) is 11.9 Å². The first-order valence-corrected chi connectivity index (χ1v) is 7.06. The van der Waals surface area contributed by atoms with Crippen LogP contribution >= 0.6 is 15.9 Å². The fourth-order valence-electron chi connectivity index (χ4n) is 2.11. The van der Waals surface area contributed by atoms with E-state index in [1.807, 2.05) is 17.9 Å². The minimum Gasteiger partial charge on any atom is -0.370 e. The molecule has 1 heterocycles. The van der Waals surface area contributed by atoms with Crippen molar-refractivity contribution < 1.29 is 0 Å². The Balaban J connectivity index is 2.20. The molecule has 0 amide bonds. The molecule has 0 saturated carbocycles. The number of aryl methyl sites for hydroxylation is 2. The smallest absolute Gasteiger partial charge is 0.0539 e. The monoisotopic (exact) mass is 307 g/mol. The summed E-state index contributed by atoms with van der Waals surface area (Å²) in [6.07, 6.45) is 3.97. The Morgan fingerprint density at radius 2 is 2.17 bits per heavy atom. The SMILES string of the molecule is Cc1ccc(N(C)Cc2cnn(C)c2)c(CBr)c1. The van der Waals surface area contributed by atoms with Gasteiger partial charge in [-0.1, -0.05) is 33.6 Å². The number of nitrogens with zero attached hydrogens (tertiary/aromatic N) is 3. The number of alkyl halides is 1. The highest BCUT2D eigenvalue weighted by Crippen LogP contribution is 2.24. The molecule has 0 aliphatic heterocycles. The van der Waals surface area contributed by atoms with Crippen molar-refractivity contribution in [2.45, 2.75) is 18.8 Å². The average molecular weight is 308 g/mol. The van der Waals surface area contributed by atoms with E-state index in [2.05, 4.69) is 64.3 Å². The molecule has 0 fully saturated rings. The number of rotatable bonds is 4. The van der Waals surface area contributed by atoms with Crippen LogP contribution in [0, 0.1) is 6.92 Å². The Bertz CT molecular complexity index is 534. The Morgan fingerprint density at radius 1 is 1.39 bits per heavy atom. The minimum absolute atomic E-state index is 0.872. The van der Waals surface area contributed by atoms with Crippen molar-refractivity contribution in [1.82, 2.24) is 9.78 Å². The lowest BCUT2D eigenvalue weighted by atomic mass is 10.1. The lowest BCUT2D eigenvalue weighted by Gasteiger charge is -2.21. The highest BCUT2D eigenvalue weighted by Gasteiger charge is 2.08. The van der Waals surface area contributed by atoms with E-state index in [1.165, 1.54) is 22.4 Å². The molecule has 0 unspecified atom stereocenters. The Kier molecular flexibility index (Phi) is 4.07. The van der Waals surface area contributed by atoms with Crippen molar-refractivity contribution in [2.24, 2.45) is 7.05 Å². The predicted molar refractivity (Wildman–Crippen MR) is 79.1 cm³/mol. The summed E-state index contributed by atoms with van der Waals surface area (Å²) in [5.41, 5.74) is 5.10. The molecule has 18 heavy (non-hydrogen) atoms. The number of anilines is 1. The van der Waals surface area contributed by atoms with Crippen LogP contribution in [0.2, 0.25) is 0 Å². The summed E-state index contributed by atoms with van der Waals surface area (Å²) in [7, 11) is 4.06. The topological polar surface area (TPSA) is 21.1 Å². The molecule has 4 heteroatoms. The Labute approximate surface area is 117 Å².